The summed E-state index contributed by atoms with van der Waals surface area (Å²) in [4.78, 5) is 137. The number of ketones is 1. The highest BCUT2D eigenvalue weighted by Crippen LogP contribution is 2.53. The molecule has 0 bridgehead atoms. The number of aliphatic hydroxyl groups excluding tert-OH is 1. The molecule has 508 valence electrons. The van der Waals surface area contributed by atoms with Gasteiger partial charge in [-0.15, -0.1) is 11.8 Å². The first kappa shape index (κ1) is 70.4. The minimum Gasteiger partial charge on any atom is -0.493 e. The summed E-state index contributed by atoms with van der Waals surface area (Å²) in [6, 6.07) is 26.6. The maximum Gasteiger partial charge on any atom is 0.410 e. The lowest BCUT2D eigenvalue weighted by atomic mass is 9.79. The summed E-state index contributed by atoms with van der Waals surface area (Å²) in [7, 11) is 3.07. The number of carbonyl (C=O) groups excluding carboxylic acids is 8. The van der Waals surface area contributed by atoms with Gasteiger partial charge in [0, 0.05) is 70.1 Å². The Bertz CT molecular complexity index is 3800. The molecule has 9 rings (SSSR count). The number of nitrogens with zero attached hydrogens (tertiary/aromatic N) is 5. The highest BCUT2D eigenvalue weighted by atomic mass is 32.2. The van der Waals surface area contributed by atoms with Gasteiger partial charge in [-0.3, -0.25) is 49.1 Å². The SMILES string of the molecule is CCC(C)(C)C(=O)C(=O)N1CCCC[C@H]1C(=O)O[C@H](CCc1ccc(OC)c(OC)c1)c1cccc(OCCNC(=O)c2cccc(NC(=O)[C@@H]3C[C@H](SC4=C(C(=O)OCc5ccc([N+](=O)[O-])cc5)N5C(=O)C([C@@H](C)O)C5C4C)CN3C(=O)OCc3ccc([N+](=O)[O-])cc3)c2)c1. The van der Waals surface area contributed by atoms with Crippen LogP contribution in [0.15, 0.2) is 126 Å². The zero-order chi connectivity index (χ0) is 69.1. The number of likely N-dealkylation sites (tertiary alicyclic amines) is 2. The van der Waals surface area contributed by atoms with Crippen LogP contribution in [0.25, 0.3) is 0 Å². The lowest BCUT2D eigenvalue weighted by Crippen LogP contribution is -2.63. The van der Waals surface area contributed by atoms with E-state index in [1.807, 2.05) is 19.1 Å². The van der Waals surface area contributed by atoms with E-state index in [9.17, 15) is 63.7 Å². The van der Waals surface area contributed by atoms with E-state index in [-0.39, 0.29) is 74.2 Å². The number of amides is 5. The first-order valence-corrected chi connectivity index (χ1v) is 32.5. The lowest BCUT2D eigenvalue weighted by Gasteiger charge is -2.46. The molecule has 3 N–H and O–H groups in total. The lowest BCUT2D eigenvalue weighted by molar-refractivity contribution is -0.385. The smallest absolute Gasteiger partial charge is 0.410 e. The number of fused-ring (bicyclic) bond motifs is 1. The largest absolute Gasteiger partial charge is 0.493 e. The first-order valence-electron chi connectivity index (χ1n) is 31.6. The third-order valence-electron chi connectivity index (χ3n) is 17.8. The molecule has 96 heavy (non-hydrogen) atoms. The van der Waals surface area contributed by atoms with Crippen molar-refractivity contribution in [3.63, 3.8) is 0 Å². The number of thioether (sulfide) groups is 1. The molecule has 27 heteroatoms. The molecule has 0 aliphatic carbocycles. The van der Waals surface area contributed by atoms with E-state index in [4.69, 9.17) is 28.4 Å². The topological polar surface area (TPSA) is 332 Å². The summed E-state index contributed by atoms with van der Waals surface area (Å²) in [6.07, 6.45) is 0.0183. The summed E-state index contributed by atoms with van der Waals surface area (Å²) >= 11 is 1.17. The van der Waals surface area contributed by atoms with Gasteiger partial charge in [-0.1, -0.05) is 52.0 Å². The average molecular weight is 1340 g/mol. The fourth-order valence-corrected chi connectivity index (χ4v) is 13.6. The normalized spacial score (nSPS) is 19.6. The van der Waals surface area contributed by atoms with E-state index in [0.717, 1.165) is 5.56 Å². The average Bonchev–Trinajstić information content (AvgIpc) is 1.55. The highest BCUT2D eigenvalue weighted by molar-refractivity contribution is 8.03. The van der Waals surface area contributed by atoms with E-state index in [1.165, 1.54) is 108 Å². The van der Waals surface area contributed by atoms with Crippen molar-refractivity contribution in [1.29, 1.82) is 0 Å². The van der Waals surface area contributed by atoms with Gasteiger partial charge in [0.25, 0.3) is 23.2 Å². The monoisotopic (exact) mass is 1340 g/mol. The molecule has 5 amide bonds. The number of ether oxygens (including phenoxy) is 6. The number of rotatable bonds is 28. The third kappa shape index (κ3) is 16.2. The van der Waals surface area contributed by atoms with Gasteiger partial charge < -0.3 is 54.0 Å². The molecule has 5 aromatic rings. The van der Waals surface area contributed by atoms with Crippen molar-refractivity contribution in [1.82, 2.24) is 20.0 Å². The number of nitrogens with one attached hydrogen (secondary N) is 2. The Kier molecular flexibility index (Phi) is 22.8. The number of aliphatic hydroxyl groups is 1. The number of non-ortho nitro benzene ring substituents is 2. The van der Waals surface area contributed by atoms with Crippen LogP contribution in [0.5, 0.6) is 17.2 Å². The summed E-state index contributed by atoms with van der Waals surface area (Å²) in [5.41, 5.74) is 1.38. The molecule has 5 aromatic carbocycles. The number of carbonyl (C=O) groups is 8. The number of β-lactam (4-membered cyclic amide) rings is 1. The van der Waals surface area contributed by atoms with Gasteiger partial charge in [0.1, 0.15) is 49.5 Å². The minimum absolute atomic E-state index is 0.000387. The van der Waals surface area contributed by atoms with Crippen molar-refractivity contribution in [2.24, 2.45) is 17.3 Å². The number of benzene rings is 5. The number of aryl methyl sites for hydroxylation is 1. The number of hydrogen-bond acceptors (Lipinski definition) is 20. The number of methoxy groups -OCH3 is 2. The van der Waals surface area contributed by atoms with E-state index >= 15 is 0 Å². The summed E-state index contributed by atoms with van der Waals surface area (Å²) in [5, 5.41) is 38.3. The van der Waals surface area contributed by atoms with Crippen LogP contribution in [-0.4, -0.2) is 147 Å². The summed E-state index contributed by atoms with van der Waals surface area (Å²) in [5.74, 6) is -4.33. The Morgan fingerprint density at radius 3 is 2.09 bits per heavy atom. The molecule has 8 atom stereocenters. The standard InChI is InChI=1S/C69H77N7O19S/c1-8-69(4,5)61(78)65(82)72-31-10-9-17-52(72)66(83)95-54(28-22-42-23-29-55(90-6)56(33-42)91-7)45-13-12-16-50(35-45)92-32-30-70-62(79)46-14-11-15-47(34-46)71-63(80)53-36-51(37-73(53)68(85)94-39-44-20-26-49(27-21-44)76(88)89)96-60-40(2)58-57(41(3)77)64(81)74(58)59(60)67(84)93-38-43-18-24-48(25-19-43)75(86)87/h11-16,18-21,23-27,29,33-35,40-41,51-54,57-58,77H,8-10,17,22,28,30-32,36-39H2,1-7H3,(H,70,79)(H,71,80)/t40?,41-,51+,52+,53+,54-,57?,58?/m1/s1. The van der Waals surface area contributed by atoms with E-state index in [2.05, 4.69) is 10.6 Å². The molecular weight excluding hydrogens is 1260 g/mol. The Hall–Kier alpha value is -9.89. The van der Waals surface area contributed by atoms with Gasteiger partial charge in [-0.25, -0.2) is 14.4 Å². The van der Waals surface area contributed by atoms with Crippen LogP contribution < -0.4 is 24.8 Å². The second-order valence-electron chi connectivity index (χ2n) is 24.6. The van der Waals surface area contributed by atoms with Crippen molar-refractivity contribution in [3.8, 4) is 17.2 Å². The number of piperidine rings is 1. The second-order valence-corrected chi connectivity index (χ2v) is 25.9. The molecule has 4 aliphatic heterocycles. The fourth-order valence-electron chi connectivity index (χ4n) is 12.1. The van der Waals surface area contributed by atoms with Gasteiger partial charge in [-0.05, 0) is 141 Å². The van der Waals surface area contributed by atoms with Crippen molar-refractivity contribution in [2.75, 3.05) is 45.8 Å². The van der Waals surface area contributed by atoms with Crippen molar-refractivity contribution in [2.45, 2.75) is 128 Å². The molecule has 3 unspecified atom stereocenters. The van der Waals surface area contributed by atoms with Gasteiger partial charge in [0.15, 0.2) is 11.5 Å². The molecule has 3 saturated heterocycles. The number of esters is 2. The van der Waals surface area contributed by atoms with Crippen LogP contribution in [0.1, 0.15) is 112 Å². The maximum atomic E-state index is 14.5. The van der Waals surface area contributed by atoms with Crippen LogP contribution in [0.4, 0.5) is 21.9 Å². The zero-order valence-electron chi connectivity index (χ0n) is 54.2. The van der Waals surface area contributed by atoms with Gasteiger partial charge in [-0.2, -0.15) is 0 Å². The van der Waals surface area contributed by atoms with Crippen LogP contribution >= 0.6 is 11.8 Å². The minimum atomic E-state index is -1.20. The maximum absolute atomic E-state index is 14.5. The molecule has 3 fully saturated rings. The van der Waals surface area contributed by atoms with E-state index in [1.54, 1.807) is 63.2 Å². The van der Waals surface area contributed by atoms with Crippen LogP contribution in [-0.2, 0) is 62.6 Å². The number of Topliss-reactive ketones (excluding diaryl/α,β-unsaturated/α-hetero) is 1. The van der Waals surface area contributed by atoms with Crippen LogP contribution in [0.3, 0.4) is 0 Å². The van der Waals surface area contributed by atoms with Crippen LogP contribution in [0.2, 0.25) is 0 Å². The van der Waals surface area contributed by atoms with Gasteiger partial charge in [0.05, 0.1) is 48.7 Å². The quantitative estimate of drug-likeness (QED) is 0.00798. The Morgan fingerprint density at radius 1 is 0.792 bits per heavy atom. The van der Waals surface area contributed by atoms with E-state index in [0.29, 0.717) is 77.4 Å². The summed E-state index contributed by atoms with van der Waals surface area (Å²) < 4.78 is 34.8. The van der Waals surface area contributed by atoms with E-state index < -0.39 is 110 Å². The number of hydrogen-bond donors (Lipinski definition) is 3. The van der Waals surface area contributed by atoms with Crippen molar-refractivity contribution < 1.29 is 81.7 Å². The third-order valence-corrected chi connectivity index (χ3v) is 19.3. The molecule has 0 radical (unpaired) electrons. The molecule has 0 spiro atoms. The predicted molar refractivity (Wildman–Crippen MR) is 349 cm³/mol. The molecular formula is C69H77N7O19S. The Morgan fingerprint density at radius 2 is 1.45 bits per heavy atom. The molecule has 4 aliphatic rings. The predicted octanol–water partition coefficient (Wildman–Crippen LogP) is 9.20. The Labute approximate surface area is 558 Å². The molecule has 4 heterocycles. The van der Waals surface area contributed by atoms with Crippen molar-refractivity contribution >= 4 is 76.3 Å². The number of nitro groups is 2. The molecule has 0 aromatic heterocycles. The number of anilines is 1. The fraction of sp³-hybridized carbons (Fsp3) is 0.420. The second kappa shape index (κ2) is 31.1. The van der Waals surface area contributed by atoms with Gasteiger partial charge in [0.2, 0.25) is 17.6 Å². The number of nitro benzene ring substituents is 2. The van der Waals surface area contributed by atoms with Crippen LogP contribution in [0, 0.1) is 37.5 Å². The molecule has 26 nitrogen and oxygen atoms in total. The summed E-state index contributed by atoms with van der Waals surface area (Å²) in [6.45, 7) is 8.09. The first-order chi connectivity index (χ1) is 45.9. The zero-order valence-corrected chi connectivity index (χ0v) is 55.0. The van der Waals surface area contributed by atoms with Gasteiger partial charge >= 0.3 is 18.0 Å². The Balaban J connectivity index is 0.869. The highest BCUT2D eigenvalue weighted by Gasteiger charge is 2.61. The molecule has 0 saturated carbocycles. The van der Waals surface area contributed by atoms with Crippen molar-refractivity contribution in [3.05, 3.63) is 174 Å².